The number of thioether (sulfide) groups is 1. The van der Waals surface area contributed by atoms with Crippen molar-refractivity contribution >= 4 is 29.3 Å². The molecule has 0 atom stereocenters. The molecule has 6 nitrogen and oxygen atoms in total. The Morgan fingerprint density at radius 1 is 1.25 bits per heavy atom. The molecular formula is C21H33N3O3S. The summed E-state index contributed by atoms with van der Waals surface area (Å²) >= 11 is 1.63. The van der Waals surface area contributed by atoms with Crippen molar-refractivity contribution in [3.8, 4) is 0 Å². The molecule has 2 rings (SSSR count). The van der Waals surface area contributed by atoms with Crippen molar-refractivity contribution in [2.45, 2.75) is 37.5 Å². The van der Waals surface area contributed by atoms with Crippen molar-refractivity contribution in [2.24, 2.45) is 5.92 Å². The number of hydrogen-bond acceptors (Lipinski definition) is 5. The summed E-state index contributed by atoms with van der Waals surface area (Å²) in [6.45, 7) is 6.52. The molecule has 0 radical (unpaired) electrons. The van der Waals surface area contributed by atoms with Crippen molar-refractivity contribution in [1.82, 2.24) is 10.2 Å². The number of para-hydroxylation sites is 1. The third kappa shape index (κ3) is 7.81. The molecule has 0 unspecified atom stereocenters. The van der Waals surface area contributed by atoms with Gasteiger partial charge in [-0.3, -0.25) is 9.59 Å². The van der Waals surface area contributed by atoms with Crippen LogP contribution in [-0.4, -0.2) is 62.4 Å². The molecule has 28 heavy (non-hydrogen) atoms. The smallest absolute Gasteiger partial charge is 0.225 e. The SMILES string of the molecule is CCOCCCNC(=O)C1CCN(CCC(=O)Nc2ccccc2SC)CC1. The first-order valence-electron chi connectivity index (χ1n) is 10.1. The van der Waals surface area contributed by atoms with E-state index in [1.807, 2.05) is 37.4 Å². The maximum atomic E-state index is 12.3. The van der Waals surface area contributed by atoms with Crippen LogP contribution >= 0.6 is 11.8 Å². The van der Waals surface area contributed by atoms with Crippen LogP contribution in [0.3, 0.4) is 0 Å². The van der Waals surface area contributed by atoms with Gasteiger partial charge in [-0.25, -0.2) is 0 Å². The van der Waals surface area contributed by atoms with Gasteiger partial charge in [0.1, 0.15) is 0 Å². The number of carbonyl (C=O) groups excluding carboxylic acids is 2. The highest BCUT2D eigenvalue weighted by molar-refractivity contribution is 7.98. The maximum absolute atomic E-state index is 12.3. The van der Waals surface area contributed by atoms with E-state index < -0.39 is 0 Å². The van der Waals surface area contributed by atoms with Gasteiger partial charge in [0.05, 0.1) is 5.69 Å². The second kappa shape index (κ2) is 12.8. The zero-order valence-corrected chi connectivity index (χ0v) is 17.9. The normalized spacial score (nSPS) is 15.4. The van der Waals surface area contributed by atoms with Crippen molar-refractivity contribution < 1.29 is 14.3 Å². The molecule has 2 N–H and O–H groups in total. The molecule has 156 valence electrons. The topological polar surface area (TPSA) is 70.7 Å². The van der Waals surface area contributed by atoms with E-state index in [9.17, 15) is 9.59 Å². The van der Waals surface area contributed by atoms with Gasteiger partial charge in [0, 0.05) is 43.5 Å². The van der Waals surface area contributed by atoms with Crippen LogP contribution in [0, 0.1) is 5.92 Å². The number of carbonyl (C=O) groups is 2. The first-order valence-corrected chi connectivity index (χ1v) is 11.4. The Kier molecular flexibility index (Phi) is 10.4. The minimum Gasteiger partial charge on any atom is -0.382 e. The maximum Gasteiger partial charge on any atom is 0.225 e. The summed E-state index contributed by atoms with van der Waals surface area (Å²) < 4.78 is 5.28. The summed E-state index contributed by atoms with van der Waals surface area (Å²) in [7, 11) is 0. The summed E-state index contributed by atoms with van der Waals surface area (Å²) in [5.41, 5.74) is 0.875. The Balaban J connectivity index is 1.63. The predicted molar refractivity (Wildman–Crippen MR) is 115 cm³/mol. The number of nitrogens with one attached hydrogen (secondary N) is 2. The fourth-order valence-electron chi connectivity index (χ4n) is 3.31. The first kappa shape index (κ1) is 22.7. The Labute approximate surface area is 172 Å². The number of anilines is 1. The summed E-state index contributed by atoms with van der Waals surface area (Å²) in [5.74, 6) is 0.281. The largest absolute Gasteiger partial charge is 0.382 e. The molecule has 0 aliphatic carbocycles. The lowest BCUT2D eigenvalue weighted by molar-refractivity contribution is -0.126. The number of likely N-dealkylation sites (tertiary alicyclic amines) is 1. The van der Waals surface area contributed by atoms with Gasteiger partial charge in [0.15, 0.2) is 0 Å². The zero-order valence-electron chi connectivity index (χ0n) is 17.0. The molecule has 1 heterocycles. The lowest BCUT2D eigenvalue weighted by atomic mass is 9.96. The molecule has 7 heteroatoms. The third-order valence-electron chi connectivity index (χ3n) is 4.96. The highest BCUT2D eigenvalue weighted by Crippen LogP contribution is 2.24. The predicted octanol–water partition coefficient (Wildman–Crippen LogP) is 2.99. The van der Waals surface area contributed by atoms with Gasteiger partial charge in [0.25, 0.3) is 0 Å². The monoisotopic (exact) mass is 407 g/mol. The summed E-state index contributed by atoms with van der Waals surface area (Å²) in [6, 6.07) is 7.85. The summed E-state index contributed by atoms with van der Waals surface area (Å²) in [6.07, 6.45) is 5.04. The fourth-order valence-corrected chi connectivity index (χ4v) is 3.87. The summed E-state index contributed by atoms with van der Waals surface area (Å²) in [5, 5.41) is 6.02. The van der Waals surface area contributed by atoms with Crippen LogP contribution in [0.5, 0.6) is 0 Å². The molecule has 1 fully saturated rings. The van der Waals surface area contributed by atoms with Crippen LogP contribution in [0.25, 0.3) is 0 Å². The molecule has 0 bridgehead atoms. The van der Waals surface area contributed by atoms with E-state index >= 15 is 0 Å². The number of hydrogen-bond donors (Lipinski definition) is 2. The minimum atomic E-state index is 0.0377. The van der Waals surface area contributed by atoms with E-state index in [-0.39, 0.29) is 17.7 Å². The van der Waals surface area contributed by atoms with E-state index in [2.05, 4.69) is 15.5 Å². The van der Waals surface area contributed by atoms with Crippen molar-refractivity contribution in [1.29, 1.82) is 0 Å². The molecule has 1 aliphatic heterocycles. The molecule has 1 aliphatic rings. The number of rotatable bonds is 11. The molecule has 0 aromatic heterocycles. The van der Waals surface area contributed by atoms with Crippen LogP contribution in [0.1, 0.15) is 32.6 Å². The third-order valence-corrected chi connectivity index (χ3v) is 5.76. The molecule has 1 aromatic rings. The van der Waals surface area contributed by atoms with E-state index in [4.69, 9.17) is 4.74 Å². The second-order valence-electron chi connectivity index (χ2n) is 6.96. The van der Waals surface area contributed by atoms with E-state index in [1.165, 1.54) is 0 Å². The Morgan fingerprint density at radius 3 is 2.71 bits per heavy atom. The molecule has 2 amide bonds. The van der Waals surface area contributed by atoms with Gasteiger partial charge in [-0.05, 0) is 57.7 Å². The first-order chi connectivity index (χ1) is 13.6. The molecule has 1 aromatic carbocycles. The van der Waals surface area contributed by atoms with Crippen LogP contribution in [-0.2, 0) is 14.3 Å². The van der Waals surface area contributed by atoms with Crippen LogP contribution in [0.15, 0.2) is 29.2 Å². The molecule has 0 saturated carbocycles. The van der Waals surface area contributed by atoms with E-state index in [0.717, 1.165) is 49.5 Å². The lowest BCUT2D eigenvalue weighted by Crippen LogP contribution is -2.41. The number of ether oxygens (including phenoxy) is 1. The molecule has 0 spiro atoms. The van der Waals surface area contributed by atoms with Crippen molar-refractivity contribution in [2.75, 3.05) is 51.0 Å². The Hall–Kier alpha value is -1.57. The number of piperidine rings is 1. The Bertz CT molecular complexity index is 619. The zero-order chi connectivity index (χ0) is 20.2. The van der Waals surface area contributed by atoms with Crippen molar-refractivity contribution in [3.05, 3.63) is 24.3 Å². The quantitative estimate of drug-likeness (QED) is 0.436. The van der Waals surface area contributed by atoms with Crippen molar-refractivity contribution in [3.63, 3.8) is 0 Å². The van der Waals surface area contributed by atoms with Gasteiger partial charge >= 0.3 is 0 Å². The van der Waals surface area contributed by atoms with Crippen LogP contribution < -0.4 is 10.6 Å². The Morgan fingerprint density at radius 2 is 2.00 bits per heavy atom. The number of nitrogens with zero attached hydrogens (tertiary/aromatic N) is 1. The number of benzene rings is 1. The van der Waals surface area contributed by atoms with Gasteiger partial charge in [-0.15, -0.1) is 11.8 Å². The van der Waals surface area contributed by atoms with Crippen LogP contribution in [0.2, 0.25) is 0 Å². The molecular weight excluding hydrogens is 374 g/mol. The van der Waals surface area contributed by atoms with E-state index in [0.29, 0.717) is 26.2 Å². The van der Waals surface area contributed by atoms with Gasteiger partial charge in [-0.2, -0.15) is 0 Å². The van der Waals surface area contributed by atoms with Gasteiger partial charge < -0.3 is 20.3 Å². The van der Waals surface area contributed by atoms with Gasteiger partial charge in [-0.1, -0.05) is 12.1 Å². The second-order valence-corrected chi connectivity index (χ2v) is 7.80. The number of amides is 2. The lowest BCUT2D eigenvalue weighted by Gasteiger charge is -2.31. The highest BCUT2D eigenvalue weighted by Gasteiger charge is 2.24. The fraction of sp³-hybridized carbons (Fsp3) is 0.619. The van der Waals surface area contributed by atoms with Crippen LogP contribution in [0.4, 0.5) is 5.69 Å². The van der Waals surface area contributed by atoms with Gasteiger partial charge in [0.2, 0.25) is 11.8 Å². The molecule has 1 saturated heterocycles. The summed E-state index contributed by atoms with van der Waals surface area (Å²) in [4.78, 5) is 27.8. The average molecular weight is 408 g/mol. The highest BCUT2D eigenvalue weighted by atomic mass is 32.2. The standard InChI is InChI=1S/C21H33N3O3S/c1-3-27-16-6-12-22-21(26)17-9-13-24(14-10-17)15-11-20(25)23-18-7-4-5-8-19(18)28-2/h4-5,7-8,17H,3,6,9-16H2,1-2H3,(H,22,26)(H,23,25). The van der Waals surface area contributed by atoms with E-state index in [1.54, 1.807) is 11.8 Å². The average Bonchev–Trinajstić information content (AvgIpc) is 2.72. The minimum absolute atomic E-state index is 0.0377.